The number of guanidine groups is 1. The van der Waals surface area contributed by atoms with E-state index in [0.29, 0.717) is 23.1 Å². The lowest BCUT2D eigenvalue weighted by Gasteiger charge is -2.22. The van der Waals surface area contributed by atoms with E-state index >= 15 is 0 Å². The summed E-state index contributed by atoms with van der Waals surface area (Å²) in [7, 11) is 3.71. The number of nitrogens with one attached hydrogen (secondary N) is 1. The molecule has 1 aromatic carbocycles. The lowest BCUT2D eigenvalue weighted by molar-refractivity contribution is 0.476. The molecule has 122 valence electrons. The van der Waals surface area contributed by atoms with Crippen LogP contribution in [0.2, 0.25) is 10.0 Å². The summed E-state index contributed by atoms with van der Waals surface area (Å²) in [6.45, 7) is 3.12. The number of rotatable bonds is 4. The van der Waals surface area contributed by atoms with Crippen LogP contribution in [0.25, 0.3) is 0 Å². The van der Waals surface area contributed by atoms with Crippen LogP contribution in [0, 0.1) is 6.92 Å². The number of aromatic nitrogens is 2. The summed E-state index contributed by atoms with van der Waals surface area (Å²) in [6.07, 6.45) is 1.75. The molecule has 1 N–H and O–H groups in total. The van der Waals surface area contributed by atoms with Crippen LogP contribution in [0.15, 0.2) is 35.5 Å². The summed E-state index contributed by atoms with van der Waals surface area (Å²) in [5.41, 5.74) is 1.98. The van der Waals surface area contributed by atoms with Crippen molar-refractivity contribution in [3.8, 4) is 0 Å². The van der Waals surface area contributed by atoms with Gasteiger partial charge in [-0.25, -0.2) is 9.97 Å². The fourth-order valence-corrected chi connectivity index (χ4v) is 2.47. The number of hydrogen-bond acceptors (Lipinski definition) is 3. The Hall–Kier alpha value is -1.85. The predicted octanol–water partition coefficient (Wildman–Crippen LogP) is 3.30. The maximum absolute atomic E-state index is 6.06. The Morgan fingerprint density at radius 1 is 1.26 bits per heavy atom. The minimum atomic E-state index is 0.553. The van der Waals surface area contributed by atoms with E-state index < -0.39 is 0 Å². The molecule has 23 heavy (non-hydrogen) atoms. The average Bonchev–Trinajstić information content (AvgIpc) is 2.51. The van der Waals surface area contributed by atoms with Gasteiger partial charge in [-0.3, -0.25) is 4.99 Å². The van der Waals surface area contributed by atoms with E-state index in [1.165, 1.54) is 0 Å². The van der Waals surface area contributed by atoms with Gasteiger partial charge in [-0.1, -0.05) is 29.3 Å². The molecule has 5 nitrogen and oxygen atoms in total. The predicted molar refractivity (Wildman–Crippen MR) is 94.9 cm³/mol. The average molecular weight is 352 g/mol. The van der Waals surface area contributed by atoms with Crippen LogP contribution in [0.4, 0.5) is 0 Å². The molecule has 0 fully saturated rings. The number of aliphatic imine (C=N–C) groups is 1. The highest BCUT2D eigenvalue weighted by Gasteiger charge is 2.08. The topological polar surface area (TPSA) is 53.4 Å². The minimum Gasteiger partial charge on any atom is -0.351 e. The zero-order valence-electron chi connectivity index (χ0n) is 13.3. The van der Waals surface area contributed by atoms with Crippen molar-refractivity contribution in [3.05, 3.63) is 57.6 Å². The summed E-state index contributed by atoms with van der Waals surface area (Å²) in [5.74, 6) is 1.52. The van der Waals surface area contributed by atoms with Gasteiger partial charge in [-0.2, -0.15) is 0 Å². The third kappa shape index (κ3) is 5.08. The summed E-state index contributed by atoms with van der Waals surface area (Å²) < 4.78 is 0. The Bertz CT molecular complexity index is 703. The second-order valence-corrected chi connectivity index (χ2v) is 5.91. The van der Waals surface area contributed by atoms with Crippen molar-refractivity contribution >= 4 is 29.2 Å². The molecule has 0 unspecified atom stereocenters. The van der Waals surface area contributed by atoms with E-state index in [1.54, 1.807) is 19.3 Å². The quantitative estimate of drug-likeness (QED) is 0.678. The van der Waals surface area contributed by atoms with Crippen molar-refractivity contribution in [1.29, 1.82) is 0 Å². The minimum absolute atomic E-state index is 0.553. The van der Waals surface area contributed by atoms with Gasteiger partial charge in [-0.15, -0.1) is 0 Å². The molecule has 0 bridgehead atoms. The lowest BCUT2D eigenvalue weighted by Crippen LogP contribution is -2.38. The first-order valence-electron chi connectivity index (χ1n) is 7.14. The lowest BCUT2D eigenvalue weighted by atomic mass is 10.2. The van der Waals surface area contributed by atoms with Gasteiger partial charge in [0.2, 0.25) is 0 Å². The standard InChI is InChI=1S/C16H19Cl2N5/c1-11-20-7-6-13(22-11)9-21-16(19-2)23(3)10-12-4-5-14(17)15(18)8-12/h4-8H,9-10H2,1-3H3,(H,19,21). The Balaban J connectivity index is 1.98. The van der Waals surface area contributed by atoms with Crippen molar-refractivity contribution in [1.82, 2.24) is 20.2 Å². The molecule has 1 aromatic heterocycles. The van der Waals surface area contributed by atoms with E-state index in [-0.39, 0.29) is 0 Å². The molecule has 1 heterocycles. The van der Waals surface area contributed by atoms with E-state index in [9.17, 15) is 0 Å². The first kappa shape index (κ1) is 17.5. The maximum Gasteiger partial charge on any atom is 0.194 e. The molecule has 0 radical (unpaired) electrons. The summed E-state index contributed by atoms with van der Waals surface area (Å²) >= 11 is 12.0. The van der Waals surface area contributed by atoms with Crippen molar-refractivity contribution in [3.63, 3.8) is 0 Å². The van der Waals surface area contributed by atoms with E-state index in [1.807, 2.05) is 37.1 Å². The molecule has 0 aliphatic carbocycles. The summed E-state index contributed by atoms with van der Waals surface area (Å²) in [6, 6.07) is 7.49. The fraction of sp³-hybridized carbons (Fsp3) is 0.312. The van der Waals surface area contributed by atoms with Crippen molar-refractivity contribution < 1.29 is 0 Å². The van der Waals surface area contributed by atoms with Crippen LogP contribution in [-0.4, -0.2) is 34.9 Å². The van der Waals surface area contributed by atoms with Gasteiger partial charge in [0, 0.05) is 26.8 Å². The Morgan fingerprint density at radius 2 is 2.04 bits per heavy atom. The number of benzene rings is 1. The Labute approximate surface area is 146 Å². The van der Waals surface area contributed by atoms with Crippen LogP contribution in [0.3, 0.4) is 0 Å². The molecule has 2 rings (SSSR count). The van der Waals surface area contributed by atoms with Gasteiger partial charge >= 0.3 is 0 Å². The zero-order chi connectivity index (χ0) is 16.8. The highest BCUT2D eigenvalue weighted by molar-refractivity contribution is 6.42. The third-order valence-electron chi connectivity index (χ3n) is 3.24. The molecule has 7 heteroatoms. The van der Waals surface area contributed by atoms with Crippen molar-refractivity contribution in [2.24, 2.45) is 4.99 Å². The molecule has 0 saturated carbocycles. The molecular formula is C16H19Cl2N5. The monoisotopic (exact) mass is 351 g/mol. The fourth-order valence-electron chi connectivity index (χ4n) is 2.14. The van der Waals surface area contributed by atoms with Crippen LogP contribution in [-0.2, 0) is 13.1 Å². The third-order valence-corrected chi connectivity index (χ3v) is 3.98. The molecule has 0 amide bonds. The number of halogens is 2. The number of nitrogens with zero attached hydrogens (tertiary/aromatic N) is 4. The smallest absolute Gasteiger partial charge is 0.194 e. The van der Waals surface area contributed by atoms with Gasteiger partial charge in [0.05, 0.1) is 22.3 Å². The number of hydrogen-bond donors (Lipinski definition) is 1. The van der Waals surface area contributed by atoms with Crippen LogP contribution in [0.1, 0.15) is 17.1 Å². The molecular weight excluding hydrogens is 333 g/mol. The largest absolute Gasteiger partial charge is 0.351 e. The van der Waals surface area contributed by atoms with E-state index in [2.05, 4.69) is 20.3 Å². The van der Waals surface area contributed by atoms with Gasteiger partial charge in [0.15, 0.2) is 5.96 Å². The Morgan fingerprint density at radius 3 is 2.70 bits per heavy atom. The van der Waals surface area contributed by atoms with Gasteiger partial charge in [0.1, 0.15) is 5.82 Å². The van der Waals surface area contributed by atoms with Crippen LogP contribution < -0.4 is 5.32 Å². The molecule has 0 aliphatic heterocycles. The van der Waals surface area contributed by atoms with Gasteiger partial charge in [0.25, 0.3) is 0 Å². The van der Waals surface area contributed by atoms with Crippen molar-refractivity contribution in [2.75, 3.05) is 14.1 Å². The van der Waals surface area contributed by atoms with Crippen molar-refractivity contribution in [2.45, 2.75) is 20.0 Å². The second-order valence-electron chi connectivity index (χ2n) is 5.10. The highest BCUT2D eigenvalue weighted by Crippen LogP contribution is 2.23. The van der Waals surface area contributed by atoms with Gasteiger partial charge < -0.3 is 10.2 Å². The molecule has 0 saturated heterocycles. The van der Waals surface area contributed by atoms with Crippen LogP contribution in [0.5, 0.6) is 0 Å². The molecule has 2 aromatic rings. The SMILES string of the molecule is CN=C(NCc1ccnc(C)n1)N(C)Cc1ccc(Cl)c(Cl)c1. The molecule has 0 atom stereocenters. The highest BCUT2D eigenvalue weighted by atomic mass is 35.5. The Kier molecular flexibility index (Phi) is 6.19. The normalized spacial score (nSPS) is 11.4. The van der Waals surface area contributed by atoms with E-state index in [4.69, 9.17) is 23.2 Å². The zero-order valence-corrected chi connectivity index (χ0v) is 14.9. The number of aryl methyl sites for hydroxylation is 1. The first-order chi connectivity index (χ1) is 11.0. The molecule has 0 aliphatic rings. The first-order valence-corrected chi connectivity index (χ1v) is 7.89. The van der Waals surface area contributed by atoms with E-state index in [0.717, 1.165) is 23.0 Å². The molecule has 0 spiro atoms. The summed E-state index contributed by atoms with van der Waals surface area (Å²) in [4.78, 5) is 14.8. The maximum atomic E-state index is 6.06. The van der Waals surface area contributed by atoms with Gasteiger partial charge in [-0.05, 0) is 30.7 Å². The second kappa shape index (κ2) is 8.13. The summed E-state index contributed by atoms with van der Waals surface area (Å²) in [5, 5.41) is 4.39. The van der Waals surface area contributed by atoms with Crippen LogP contribution >= 0.6 is 23.2 Å².